The van der Waals surface area contributed by atoms with Crippen molar-refractivity contribution in [2.45, 2.75) is 6.42 Å². The van der Waals surface area contributed by atoms with Crippen LogP contribution in [0.15, 0.2) is 0 Å². The molecule has 7 heteroatoms. The first-order chi connectivity index (χ1) is 5.99. The van der Waals surface area contributed by atoms with Crippen LogP contribution in [0.1, 0.15) is 6.42 Å². The SMILES string of the molecule is CP(=O)(O)COCN1OCCC1=O. The Morgan fingerprint density at radius 1 is 1.77 bits per heavy atom. The zero-order valence-electron chi connectivity index (χ0n) is 7.30. The van der Waals surface area contributed by atoms with Crippen LogP contribution in [0, 0.1) is 0 Å². The van der Waals surface area contributed by atoms with Gasteiger partial charge >= 0.3 is 0 Å². The maximum absolute atomic E-state index is 10.9. The Labute approximate surface area is 75.8 Å². The molecule has 1 aliphatic rings. The van der Waals surface area contributed by atoms with Gasteiger partial charge in [-0.1, -0.05) is 0 Å². The largest absolute Gasteiger partial charge is 0.349 e. The van der Waals surface area contributed by atoms with E-state index < -0.39 is 7.37 Å². The van der Waals surface area contributed by atoms with E-state index in [0.29, 0.717) is 13.0 Å². The summed E-state index contributed by atoms with van der Waals surface area (Å²) in [6.07, 6.45) is 0.0758. The molecule has 76 valence electrons. The highest BCUT2D eigenvalue weighted by atomic mass is 31.2. The van der Waals surface area contributed by atoms with Crippen LogP contribution in [-0.4, -0.2) is 42.2 Å². The van der Waals surface area contributed by atoms with Crippen LogP contribution in [0.5, 0.6) is 0 Å². The third kappa shape index (κ3) is 3.87. The second-order valence-corrected chi connectivity index (χ2v) is 5.23. The fourth-order valence-corrected chi connectivity index (χ4v) is 1.26. The normalized spacial score (nSPS) is 22.0. The Kier molecular flexibility index (Phi) is 3.44. The molecular formula is C6H12NO5P. The number of hydrogen-bond donors (Lipinski definition) is 1. The first-order valence-corrected chi connectivity index (χ1v) is 6.08. The summed E-state index contributed by atoms with van der Waals surface area (Å²) in [4.78, 5) is 24.6. The number of ether oxygens (including phenoxy) is 1. The molecule has 1 saturated heterocycles. The molecule has 0 aromatic rings. The van der Waals surface area contributed by atoms with Crippen molar-refractivity contribution < 1.29 is 23.8 Å². The van der Waals surface area contributed by atoms with Crippen LogP contribution in [0.3, 0.4) is 0 Å². The summed E-state index contributed by atoms with van der Waals surface area (Å²) in [7, 11) is -3.16. The Morgan fingerprint density at radius 3 is 2.92 bits per heavy atom. The third-order valence-corrected chi connectivity index (χ3v) is 2.04. The highest BCUT2D eigenvalue weighted by Gasteiger charge is 2.22. The molecule has 0 saturated carbocycles. The summed E-state index contributed by atoms with van der Waals surface area (Å²) in [5, 5.41) is 1.05. The summed E-state index contributed by atoms with van der Waals surface area (Å²) in [5.41, 5.74) is 0. The highest BCUT2D eigenvalue weighted by molar-refractivity contribution is 7.56. The van der Waals surface area contributed by atoms with Crippen molar-refractivity contribution in [1.29, 1.82) is 0 Å². The van der Waals surface area contributed by atoms with Gasteiger partial charge in [0.1, 0.15) is 13.1 Å². The maximum atomic E-state index is 10.9. The zero-order valence-corrected chi connectivity index (χ0v) is 8.20. The van der Waals surface area contributed by atoms with Crippen LogP contribution in [-0.2, 0) is 18.9 Å². The van der Waals surface area contributed by atoms with Crippen molar-refractivity contribution >= 4 is 13.3 Å². The van der Waals surface area contributed by atoms with Crippen molar-refractivity contribution in [3.05, 3.63) is 0 Å². The average molecular weight is 209 g/mol. The minimum Gasteiger partial charge on any atom is -0.349 e. The average Bonchev–Trinajstić information content (AvgIpc) is 2.34. The predicted molar refractivity (Wildman–Crippen MR) is 44.0 cm³/mol. The summed E-state index contributed by atoms with van der Waals surface area (Å²) < 4.78 is 15.6. The molecule has 1 amide bonds. The van der Waals surface area contributed by atoms with Gasteiger partial charge < -0.3 is 9.63 Å². The van der Waals surface area contributed by atoms with Gasteiger partial charge in [0, 0.05) is 6.66 Å². The first-order valence-electron chi connectivity index (χ1n) is 3.79. The van der Waals surface area contributed by atoms with Crippen LogP contribution >= 0.6 is 7.37 Å². The Bertz CT molecular complexity index is 237. The standard InChI is InChI=1S/C6H12NO5P/c1-13(9,10)5-11-4-7-6(8)2-3-12-7/h2-5H2,1H3,(H,9,10). The van der Waals surface area contributed by atoms with Gasteiger partial charge in [-0.05, 0) is 0 Å². The van der Waals surface area contributed by atoms with E-state index in [-0.39, 0.29) is 19.0 Å². The van der Waals surface area contributed by atoms with Crippen LogP contribution in [0.4, 0.5) is 0 Å². The molecule has 1 fully saturated rings. The minimum atomic E-state index is -3.16. The molecule has 1 unspecified atom stereocenters. The number of carbonyl (C=O) groups is 1. The fraction of sp³-hybridized carbons (Fsp3) is 0.833. The van der Waals surface area contributed by atoms with Gasteiger partial charge in [0.05, 0.1) is 13.0 Å². The molecule has 0 aliphatic carbocycles. The molecule has 1 atom stereocenters. The summed E-state index contributed by atoms with van der Waals surface area (Å²) >= 11 is 0. The lowest BCUT2D eigenvalue weighted by molar-refractivity contribution is -0.184. The van der Waals surface area contributed by atoms with E-state index in [4.69, 9.17) is 14.5 Å². The lowest BCUT2D eigenvalue weighted by atomic mass is 10.5. The van der Waals surface area contributed by atoms with E-state index in [1.807, 2.05) is 0 Å². The molecule has 1 heterocycles. The minimum absolute atomic E-state index is 0.0861. The lowest BCUT2D eigenvalue weighted by Gasteiger charge is -2.14. The Morgan fingerprint density at radius 2 is 2.46 bits per heavy atom. The van der Waals surface area contributed by atoms with Gasteiger partial charge in [-0.2, -0.15) is 5.06 Å². The number of nitrogens with zero attached hydrogens (tertiary/aromatic N) is 1. The van der Waals surface area contributed by atoms with E-state index in [1.165, 1.54) is 6.66 Å². The number of rotatable bonds is 4. The third-order valence-electron chi connectivity index (χ3n) is 1.38. The molecular weight excluding hydrogens is 197 g/mol. The molecule has 0 aromatic heterocycles. The van der Waals surface area contributed by atoms with Crippen molar-refractivity contribution in [1.82, 2.24) is 5.06 Å². The quantitative estimate of drug-likeness (QED) is 0.658. The second-order valence-electron chi connectivity index (χ2n) is 2.87. The molecule has 1 aliphatic heterocycles. The van der Waals surface area contributed by atoms with Gasteiger partial charge in [-0.3, -0.25) is 14.2 Å². The number of amides is 1. The monoisotopic (exact) mass is 209 g/mol. The van der Waals surface area contributed by atoms with E-state index in [9.17, 15) is 9.36 Å². The zero-order chi connectivity index (χ0) is 9.90. The molecule has 0 bridgehead atoms. The predicted octanol–water partition coefficient (Wildman–Crippen LogP) is -0.0179. The molecule has 0 spiro atoms. The van der Waals surface area contributed by atoms with Crippen molar-refractivity contribution in [3.8, 4) is 0 Å². The van der Waals surface area contributed by atoms with Crippen LogP contribution in [0.2, 0.25) is 0 Å². The van der Waals surface area contributed by atoms with Gasteiger partial charge in [-0.15, -0.1) is 0 Å². The van der Waals surface area contributed by atoms with Gasteiger partial charge in [0.25, 0.3) is 5.91 Å². The molecule has 13 heavy (non-hydrogen) atoms. The second kappa shape index (κ2) is 4.19. The van der Waals surface area contributed by atoms with Crippen molar-refractivity contribution in [2.24, 2.45) is 0 Å². The highest BCUT2D eigenvalue weighted by Crippen LogP contribution is 2.34. The number of carbonyl (C=O) groups excluding carboxylic acids is 1. The molecule has 0 radical (unpaired) electrons. The van der Waals surface area contributed by atoms with E-state index >= 15 is 0 Å². The molecule has 6 nitrogen and oxygen atoms in total. The summed E-state index contributed by atoms with van der Waals surface area (Å²) in [5.74, 6) is -0.163. The first kappa shape index (κ1) is 10.7. The smallest absolute Gasteiger partial charge is 0.250 e. The topological polar surface area (TPSA) is 76.1 Å². The van der Waals surface area contributed by atoms with Gasteiger partial charge in [0.2, 0.25) is 7.37 Å². The van der Waals surface area contributed by atoms with Gasteiger partial charge in [-0.25, -0.2) is 0 Å². The van der Waals surface area contributed by atoms with E-state index in [0.717, 1.165) is 5.06 Å². The van der Waals surface area contributed by atoms with Crippen LogP contribution < -0.4 is 0 Å². The Hall–Kier alpha value is -0.420. The summed E-state index contributed by atoms with van der Waals surface area (Å²) in [6.45, 7) is 1.46. The van der Waals surface area contributed by atoms with Gasteiger partial charge in [0.15, 0.2) is 0 Å². The fourth-order valence-electron chi connectivity index (χ4n) is 0.842. The summed E-state index contributed by atoms with van der Waals surface area (Å²) in [6, 6.07) is 0. The number of hydrogen-bond acceptors (Lipinski definition) is 4. The lowest BCUT2D eigenvalue weighted by Crippen LogP contribution is -2.26. The molecule has 0 aromatic carbocycles. The molecule has 1 rings (SSSR count). The van der Waals surface area contributed by atoms with Crippen LogP contribution in [0.25, 0.3) is 0 Å². The molecule has 1 N–H and O–H groups in total. The number of hydroxylamine groups is 2. The van der Waals surface area contributed by atoms with E-state index in [2.05, 4.69) is 0 Å². The maximum Gasteiger partial charge on any atom is 0.250 e. The van der Waals surface area contributed by atoms with Crippen molar-refractivity contribution in [3.63, 3.8) is 0 Å². The van der Waals surface area contributed by atoms with Crippen molar-refractivity contribution in [2.75, 3.05) is 26.4 Å². The van der Waals surface area contributed by atoms with E-state index in [1.54, 1.807) is 0 Å². The Balaban J connectivity index is 2.19.